The molecule has 0 aliphatic carbocycles. The van der Waals surface area contributed by atoms with Crippen LogP contribution in [0.4, 0.5) is 17.1 Å². The standard InChI is InChI=1S/C51H45NO2S2/c1-50(2,37-12-8-6-9-13-37)39-18-24-42(25-19-39)52(43-26-20-40(21-27-43)51(3,4)38-14-10-7-11-15-38)41-22-16-36(17-23-41)46-33-34-48(54-46)47-32-29-44(53-47)28-30-45-31-35-49(55-5)56-45/h6-35H,1-5H3/b30-28+. The molecule has 0 saturated carbocycles. The van der Waals surface area contributed by atoms with Crippen LogP contribution < -0.4 is 4.90 Å². The molecule has 278 valence electrons. The van der Waals surface area contributed by atoms with Crippen molar-refractivity contribution in [3.8, 4) is 22.8 Å². The van der Waals surface area contributed by atoms with E-state index in [0.717, 1.165) is 34.1 Å². The van der Waals surface area contributed by atoms with Gasteiger partial charge in [0.05, 0.1) is 4.21 Å². The molecule has 5 heteroatoms. The van der Waals surface area contributed by atoms with Crippen LogP contribution in [0.1, 0.15) is 60.6 Å². The van der Waals surface area contributed by atoms with Crippen molar-refractivity contribution in [2.75, 3.05) is 11.2 Å². The Balaban J connectivity index is 1.08. The zero-order valence-corrected chi connectivity index (χ0v) is 34.0. The summed E-state index contributed by atoms with van der Waals surface area (Å²) in [5, 5.41) is 0. The third kappa shape index (κ3) is 7.70. The van der Waals surface area contributed by atoms with E-state index in [2.05, 4.69) is 191 Å². The minimum Gasteiger partial charge on any atom is -0.453 e. The highest BCUT2D eigenvalue weighted by Gasteiger charge is 2.25. The Labute approximate surface area is 339 Å². The summed E-state index contributed by atoms with van der Waals surface area (Å²) in [4.78, 5) is 3.52. The Morgan fingerprint density at radius 2 is 0.929 bits per heavy atom. The molecule has 0 spiro atoms. The zero-order valence-electron chi connectivity index (χ0n) is 32.4. The first-order chi connectivity index (χ1) is 27.2. The molecule has 0 aliphatic rings. The maximum atomic E-state index is 6.35. The number of anilines is 3. The Hall–Kier alpha value is -5.75. The second-order valence-corrected chi connectivity index (χ2v) is 17.2. The van der Waals surface area contributed by atoms with E-state index in [9.17, 15) is 0 Å². The molecule has 0 saturated heterocycles. The molecule has 0 fully saturated rings. The van der Waals surface area contributed by atoms with Crippen LogP contribution in [0.5, 0.6) is 0 Å². The van der Waals surface area contributed by atoms with Gasteiger partial charge in [0.1, 0.15) is 11.5 Å². The summed E-state index contributed by atoms with van der Waals surface area (Å²) in [5.74, 6) is 2.97. The van der Waals surface area contributed by atoms with Gasteiger partial charge in [0, 0.05) is 38.3 Å². The monoisotopic (exact) mass is 767 g/mol. The summed E-state index contributed by atoms with van der Waals surface area (Å²) in [6, 6.07) is 60.3. The quantitative estimate of drug-likeness (QED) is 0.116. The molecule has 3 nitrogen and oxygen atoms in total. The molecule has 0 unspecified atom stereocenters. The third-order valence-electron chi connectivity index (χ3n) is 10.8. The molecule has 8 aromatic rings. The number of benzene rings is 5. The van der Waals surface area contributed by atoms with Crippen molar-refractivity contribution >= 4 is 52.3 Å². The van der Waals surface area contributed by atoms with E-state index >= 15 is 0 Å². The van der Waals surface area contributed by atoms with Crippen LogP contribution in [0.3, 0.4) is 0 Å². The minimum atomic E-state index is -0.130. The number of hydrogen-bond donors (Lipinski definition) is 0. The first kappa shape index (κ1) is 37.2. The second kappa shape index (κ2) is 15.8. The first-order valence-electron chi connectivity index (χ1n) is 18.9. The number of rotatable bonds is 12. The predicted molar refractivity (Wildman–Crippen MR) is 239 cm³/mol. The molecule has 0 aliphatic heterocycles. The molecule has 8 rings (SSSR count). The van der Waals surface area contributed by atoms with Gasteiger partial charge < -0.3 is 13.7 Å². The number of hydrogen-bond acceptors (Lipinski definition) is 5. The third-order valence-corrected chi connectivity index (χ3v) is 12.9. The van der Waals surface area contributed by atoms with Crippen molar-refractivity contribution in [3.63, 3.8) is 0 Å². The molecule has 56 heavy (non-hydrogen) atoms. The topological polar surface area (TPSA) is 29.5 Å². The summed E-state index contributed by atoms with van der Waals surface area (Å²) < 4.78 is 13.8. The van der Waals surface area contributed by atoms with Crippen molar-refractivity contribution < 1.29 is 8.83 Å². The average molecular weight is 768 g/mol. The normalized spacial score (nSPS) is 12.0. The highest BCUT2D eigenvalue weighted by Crippen LogP contribution is 2.40. The molecule has 0 radical (unpaired) electrons. The largest absolute Gasteiger partial charge is 0.453 e. The maximum Gasteiger partial charge on any atom is 0.170 e. The summed E-state index contributed by atoms with van der Waals surface area (Å²) in [5.41, 5.74) is 9.09. The lowest BCUT2D eigenvalue weighted by Crippen LogP contribution is -2.19. The van der Waals surface area contributed by atoms with Gasteiger partial charge in [0.2, 0.25) is 0 Å². The van der Waals surface area contributed by atoms with Crippen LogP contribution >= 0.6 is 23.1 Å². The molecule has 5 aromatic carbocycles. The van der Waals surface area contributed by atoms with E-state index in [1.165, 1.54) is 31.3 Å². The lowest BCUT2D eigenvalue weighted by Gasteiger charge is -2.30. The van der Waals surface area contributed by atoms with Crippen molar-refractivity contribution in [2.24, 2.45) is 0 Å². The number of thiophene rings is 1. The van der Waals surface area contributed by atoms with Gasteiger partial charge in [0.15, 0.2) is 11.5 Å². The summed E-state index contributed by atoms with van der Waals surface area (Å²) >= 11 is 3.53. The van der Waals surface area contributed by atoms with Gasteiger partial charge in [-0.2, -0.15) is 0 Å². The molecule has 3 aromatic heterocycles. The van der Waals surface area contributed by atoms with Gasteiger partial charge in [-0.1, -0.05) is 113 Å². The van der Waals surface area contributed by atoms with E-state index in [1.807, 2.05) is 30.3 Å². The molecule has 3 heterocycles. The minimum absolute atomic E-state index is 0.130. The van der Waals surface area contributed by atoms with Crippen LogP contribution in [0, 0.1) is 0 Å². The predicted octanol–water partition coefficient (Wildman–Crippen LogP) is 15.3. The summed E-state index contributed by atoms with van der Waals surface area (Å²) in [6.07, 6.45) is 6.19. The Bertz CT molecular complexity index is 2440. The molecular weight excluding hydrogens is 723 g/mol. The smallest absolute Gasteiger partial charge is 0.170 e. The van der Waals surface area contributed by atoms with Gasteiger partial charge in [-0.25, -0.2) is 0 Å². The van der Waals surface area contributed by atoms with Gasteiger partial charge in [-0.3, -0.25) is 0 Å². The van der Waals surface area contributed by atoms with Crippen LogP contribution in [-0.4, -0.2) is 6.26 Å². The van der Waals surface area contributed by atoms with Gasteiger partial charge in [0.25, 0.3) is 0 Å². The number of nitrogens with zero attached hydrogens (tertiary/aromatic N) is 1. The van der Waals surface area contributed by atoms with E-state index in [-0.39, 0.29) is 10.8 Å². The highest BCUT2D eigenvalue weighted by atomic mass is 32.2. The van der Waals surface area contributed by atoms with Gasteiger partial charge >= 0.3 is 0 Å². The Kier molecular flexibility index (Phi) is 10.5. The second-order valence-electron chi connectivity index (χ2n) is 15.0. The fraction of sp³-hybridized carbons (Fsp3) is 0.137. The van der Waals surface area contributed by atoms with Crippen molar-refractivity contribution in [1.29, 1.82) is 0 Å². The van der Waals surface area contributed by atoms with E-state index < -0.39 is 0 Å². The average Bonchev–Trinajstić information content (AvgIpc) is 4.04. The van der Waals surface area contributed by atoms with Crippen LogP contribution in [0.15, 0.2) is 183 Å². The van der Waals surface area contributed by atoms with Crippen molar-refractivity contribution in [3.05, 3.63) is 203 Å². The summed E-state index contributed by atoms with van der Waals surface area (Å²) in [7, 11) is 0. The SMILES string of the molecule is CSc1ccc(/C=C/c2ccc(-c3ccc(-c4ccc(N(c5ccc(C(C)(C)c6ccccc6)cc5)c5ccc(C(C)(C)c6ccccc6)cc5)cc4)o3)o2)s1. The molecule has 0 amide bonds. The van der Waals surface area contributed by atoms with Crippen molar-refractivity contribution in [1.82, 2.24) is 0 Å². The fourth-order valence-electron chi connectivity index (χ4n) is 7.22. The number of thioether (sulfide) groups is 1. The lowest BCUT2D eigenvalue weighted by molar-refractivity contribution is 0.526. The number of furan rings is 2. The molecule has 0 N–H and O–H groups in total. The first-order valence-corrected chi connectivity index (χ1v) is 21.0. The van der Waals surface area contributed by atoms with Crippen LogP contribution in [0.2, 0.25) is 0 Å². The molecule has 0 atom stereocenters. The molecule has 0 bridgehead atoms. The molecular formula is C51H45NO2S2. The van der Waals surface area contributed by atoms with Gasteiger partial charge in [-0.05, 0) is 126 Å². The summed E-state index contributed by atoms with van der Waals surface area (Å²) in [6.45, 7) is 9.15. The zero-order chi connectivity index (χ0) is 38.7. The Morgan fingerprint density at radius 1 is 0.464 bits per heavy atom. The van der Waals surface area contributed by atoms with E-state index in [1.54, 1.807) is 23.1 Å². The van der Waals surface area contributed by atoms with Crippen LogP contribution in [0.25, 0.3) is 35.0 Å². The maximum absolute atomic E-state index is 6.35. The fourth-order valence-corrected chi connectivity index (χ4v) is 8.68. The van der Waals surface area contributed by atoms with E-state index in [4.69, 9.17) is 8.83 Å². The Morgan fingerprint density at radius 3 is 1.45 bits per heavy atom. The van der Waals surface area contributed by atoms with Gasteiger partial charge in [-0.15, -0.1) is 23.1 Å². The van der Waals surface area contributed by atoms with E-state index in [0.29, 0.717) is 11.5 Å². The van der Waals surface area contributed by atoms with Crippen LogP contribution in [-0.2, 0) is 10.8 Å². The highest BCUT2D eigenvalue weighted by molar-refractivity contribution is 8.00. The lowest BCUT2D eigenvalue weighted by atomic mass is 9.78. The van der Waals surface area contributed by atoms with Crippen molar-refractivity contribution in [2.45, 2.75) is 42.7 Å².